The van der Waals surface area contributed by atoms with Crippen molar-refractivity contribution in [1.29, 1.82) is 0 Å². The van der Waals surface area contributed by atoms with Gasteiger partial charge in [0.15, 0.2) is 11.4 Å². The van der Waals surface area contributed by atoms with Crippen molar-refractivity contribution >= 4 is 23.2 Å². The summed E-state index contributed by atoms with van der Waals surface area (Å²) in [4.78, 5) is 40.9. The van der Waals surface area contributed by atoms with Crippen molar-refractivity contribution in [2.45, 2.75) is 75.0 Å². The van der Waals surface area contributed by atoms with Crippen LogP contribution < -0.4 is 5.73 Å². The number of ketones is 2. The molecule has 7 N–H and O–H groups in total. The van der Waals surface area contributed by atoms with Crippen LogP contribution in [0, 0.1) is 11.8 Å². The molecule has 39 heavy (non-hydrogen) atoms. The number of nitrogens with zero attached hydrogens (tertiary/aromatic N) is 1. The van der Waals surface area contributed by atoms with Gasteiger partial charge in [0.05, 0.1) is 23.6 Å². The molecule has 4 aliphatic carbocycles. The number of rotatable bonds is 3. The van der Waals surface area contributed by atoms with Gasteiger partial charge in [0.1, 0.15) is 22.8 Å². The van der Waals surface area contributed by atoms with Crippen LogP contribution in [0.25, 0.3) is 5.76 Å². The third kappa shape index (κ3) is 3.47. The largest absolute Gasteiger partial charge is 0.508 e. The Morgan fingerprint density at radius 3 is 2.26 bits per heavy atom. The van der Waals surface area contributed by atoms with E-state index in [0.29, 0.717) is 11.1 Å². The highest BCUT2D eigenvalue weighted by Crippen LogP contribution is 2.57. The molecule has 2 fully saturated rings. The molecule has 0 spiro atoms. The van der Waals surface area contributed by atoms with Crippen molar-refractivity contribution in [3.8, 4) is 5.75 Å². The van der Waals surface area contributed by atoms with Crippen molar-refractivity contribution < 1.29 is 39.9 Å². The number of primary amides is 1. The maximum atomic E-state index is 14.1. The molecule has 10 nitrogen and oxygen atoms in total. The highest BCUT2D eigenvalue weighted by atomic mass is 16.4. The summed E-state index contributed by atoms with van der Waals surface area (Å²) < 4.78 is 0. The number of hydrogen-bond donors (Lipinski definition) is 6. The number of amides is 1. The van der Waals surface area contributed by atoms with E-state index in [4.69, 9.17) is 5.73 Å². The average Bonchev–Trinajstić information content (AvgIpc) is 2.86. The Hall–Kier alpha value is -3.21. The predicted octanol–water partition coefficient (Wildman–Crippen LogP) is 1.72. The summed E-state index contributed by atoms with van der Waals surface area (Å²) >= 11 is 0. The average molecular weight is 541 g/mol. The van der Waals surface area contributed by atoms with Gasteiger partial charge < -0.3 is 31.3 Å². The minimum Gasteiger partial charge on any atom is -0.508 e. The van der Waals surface area contributed by atoms with Gasteiger partial charge in [0, 0.05) is 17.1 Å². The van der Waals surface area contributed by atoms with E-state index in [1.807, 2.05) is 6.07 Å². The minimum absolute atomic E-state index is 0.0512. The molecule has 1 aromatic carbocycles. The molecule has 0 aliphatic heterocycles. The number of Topliss-reactive ketones (excluding diaryl/α,β-unsaturated/α-hetero) is 2. The van der Waals surface area contributed by atoms with E-state index in [0.717, 1.165) is 32.1 Å². The third-order valence-electron chi connectivity index (χ3n) is 9.74. The van der Waals surface area contributed by atoms with E-state index < -0.39 is 70.1 Å². The molecular formula is C29H36N2O8. The third-order valence-corrected chi connectivity index (χ3v) is 9.74. The first-order valence-corrected chi connectivity index (χ1v) is 13.4. The van der Waals surface area contributed by atoms with Crippen LogP contribution in [0.4, 0.5) is 0 Å². The second kappa shape index (κ2) is 8.90. The summed E-state index contributed by atoms with van der Waals surface area (Å²) in [5, 5.41) is 57.5. The zero-order valence-corrected chi connectivity index (χ0v) is 22.6. The number of hydrogen-bond acceptors (Lipinski definition) is 9. The van der Waals surface area contributed by atoms with E-state index >= 15 is 0 Å². The number of carbonyl (C=O) groups is 3. The first-order valence-electron chi connectivity index (χ1n) is 13.4. The van der Waals surface area contributed by atoms with E-state index in [9.17, 15) is 39.9 Å². The van der Waals surface area contributed by atoms with Crippen LogP contribution in [0.3, 0.4) is 0 Å². The number of aliphatic hydroxyl groups excluding tert-OH is 3. The summed E-state index contributed by atoms with van der Waals surface area (Å²) in [7, 11) is 2.96. The van der Waals surface area contributed by atoms with Gasteiger partial charge in [-0.3, -0.25) is 19.3 Å². The van der Waals surface area contributed by atoms with E-state index in [1.54, 1.807) is 13.0 Å². The Bertz CT molecular complexity index is 1350. The standard InChI is InChI=1S/C29H36N2O8/c1-12-13-8-9-14(28(2)10-6-5-7-11-28)21(32)16(13)22(33)17-15(12)23(34)19-20(31(3)4)24(35)18(27(30)38)26(37)29(19,39)25(17)36/h8-9,12,15,19-20,23,32-34,37,39H,5-7,10-11H2,1-4H3,(H2,30,38)/t12-,15+,19+,20-,23-,29-/m1/s1. The lowest BCUT2D eigenvalue weighted by atomic mass is 9.54. The molecule has 1 aromatic rings. The second-order valence-corrected chi connectivity index (χ2v) is 12.1. The van der Waals surface area contributed by atoms with Gasteiger partial charge in [-0.1, -0.05) is 45.2 Å². The maximum Gasteiger partial charge on any atom is 0.255 e. The van der Waals surface area contributed by atoms with Crippen molar-refractivity contribution in [2.24, 2.45) is 17.6 Å². The number of likely N-dealkylation sites (N-methyl/N-ethyl adjacent to an activating group) is 1. The van der Waals surface area contributed by atoms with Gasteiger partial charge in [0.25, 0.3) is 5.91 Å². The Balaban J connectivity index is 1.76. The molecule has 6 atom stereocenters. The predicted molar refractivity (Wildman–Crippen MR) is 141 cm³/mol. The quantitative estimate of drug-likeness (QED) is 0.311. The number of aromatic hydroxyl groups is 1. The second-order valence-electron chi connectivity index (χ2n) is 12.1. The number of phenols is 1. The monoisotopic (exact) mass is 540 g/mol. The molecule has 2 saturated carbocycles. The number of benzene rings is 1. The molecule has 4 aliphatic rings. The maximum absolute atomic E-state index is 14.1. The zero-order valence-electron chi connectivity index (χ0n) is 22.6. The van der Waals surface area contributed by atoms with Crippen molar-refractivity contribution in [3.63, 3.8) is 0 Å². The van der Waals surface area contributed by atoms with Crippen molar-refractivity contribution in [1.82, 2.24) is 4.90 Å². The van der Waals surface area contributed by atoms with Crippen molar-refractivity contribution in [3.05, 3.63) is 45.7 Å². The Kier molecular flexibility index (Phi) is 6.25. The number of fused-ring (bicyclic) bond motifs is 3. The highest BCUT2D eigenvalue weighted by Gasteiger charge is 2.68. The molecule has 0 aromatic heterocycles. The van der Waals surface area contributed by atoms with Crippen LogP contribution in [-0.2, 0) is 19.8 Å². The van der Waals surface area contributed by atoms with Crippen molar-refractivity contribution in [2.75, 3.05) is 14.1 Å². The molecule has 0 heterocycles. The van der Waals surface area contributed by atoms with Crippen LogP contribution in [0.1, 0.15) is 68.6 Å². The lowest BCUT2D eigenvalue weighted by Crippen LogP contribution is -2.70. The van der Waals surface area contributed by atoms with Crippen LogP contribution >= 0.6 is 0 Å². The number of phenolic OH excluding ortho intramolecular Hbond substituents is 1. The number of aliphatic hydroxyl groups is 4. The highest BCUT2D eigenvalue weighted by molar-refractivity contribution is 6.24. The topological polar surface area (TPSA) is 182 Å². The zero-order chi connectivity index (χ0) is 28.8. The van der Waals surface area contributed by atoms with Crippen LogP contribution in [-0.4, -0.2) is 79.7 Å². The molecule has 10 heteroatoms. The number of nitrogens with two attached hydrogens (primary N) is 1. The Morgan fingerprint density at radius 2 is 1.69 bits per heavy atom. The fourth-order valence-electron chi connectivity index (χ4n) is 7.70. The van der Waals surface area contributed by atoms with Gasteiger partial charge in [0.2, 0.25) is 5.78 Å². The van der Waals surface area contributed by atoms with Crippen LogP contribution in [0.5, 0.6) is 5.75 Å². The first kappa shape index (κ1) is 27.4. The molecule has 0 radical (unpaired) electrons. The van der Waals surface area contributed by atoms with Crippen LogP contribution in [0.2, 0.25) is 0 Å². The van der Waals surface area contributed by atoms with Gasteiger partial charge >= 0.3 is 0 Å². The lowest BCUT2D eigenvalue weighted by Gasteiger charge is -2.53. The van der Waals surface area contributed by atoms with E-state index in [1.165, 1.54) is 19.0 Å². The SMILES string of the molecule is C[C@@H]1c2ccc(C3(C)CCCCC3)c(O)c2C(O)=C2C(=O)[C@@]3(O)C(O)=C(C(N)=O)C(=O)[C@H](N(C)C)[C@H]3[C@H](O)[C@H]21. The van der Waals surface area contributed by atoms with E-state index in [2.05, 4.69) is 6.92 Å². The fraction of sp³-hybridized carbons (Fsp3) is 0.552. The first-order chi connectivity index (χ1) is 18.2. The fourth-order valence-corrected chi connectivity index (χ4v) is 7.70. The summed E-state index contributed by atoms with van der Waals surface area (Å²) in [6, 6.07) is 2.26. The molecule has 1 amide bonds. The molecule has 210 valence electrons. The summed E-state index contributed by atoms with van der Waals surface area (Å²) in [6.45, 7) is 3.79. The van der Waals surface area contributed by atoms with Gasteiger partial charge in [-0.25, -0.2) is 0 Å². The van der Waals surface area contributed by atoms with Gasteiger partial charge in [-0.15, -0.1) is 0 Å². The normalized spacial score (nSPS) is 34.1. The van der Waals surface area contributed by atoms with Gasteiger partial charge in [-0.05, 0) is 43.8 Å². The Labute approximate surface area is 226 Å². The Morgan fingerprint density at radius 1 is 1.08 bits per heavy atom. The molecule has 0 unspecified atom stereocenters. The molecule has 0 saturated heterocycles. The minimum atomic E-state index is -2.91. The van der Waals surface area contributed by atoms with Gasteiger partial charge in [-0.2, -0.15) is 0 Å². The van der Waals surface area contributed by atoms with E-state index in [-0.39, 0.29) is 22.3 Å². The van der Waals surface area contributed by atoms with Crippen LogP contribution in [0.15, 0.2) is 29.0 Å². The molecular weight excluding hydrogens is 504 g/mol. The molecule has 5 rings (SSSR count). The lowest BCUT2D eigenvalue weighted by molar-refractivity contribution is -0.169. The smallest absolute Gasteiger partial charge is 0.255 e. The summed E-state index contributed by atoms with van der Waals surface area (Å²) in [5.41, 5.74) is 2.03. The summed E-state index contributed by atoms with van der Waals surface area (Å²) in [6.07, 6.45) is 3.19. The summed E-state index contributed by atoms with van der Waals surface area (Å²) in [5.74, 6) is -8.65. The number of carbonyl (C=O) groups excluding carboxylic acids is 3. The molecule has 0 bridgehead atoms.